The molecule has 0 N–H and O–H groups in total. The van der Waals surface area contributed by atoms with Gasteiger partial charge in [-0.25, -0.2) is 0 Å². The molecule has 3 aromatic rings. The Morgan fingerprint density at radius 1 is 0.944 bits per heavy atom. The van der Waals surface area contributed by atoms with Crippen LogP contribution in [0.15, 0.2) is 63.7 Å². The minimum absolute atomic E-state index is 0.488. The fraction of sp³-hybridized carbons (Fsp3) is 0.0667. The molecule has 0 unspecified atom stereocenters. The standard InChI is InChI=1S/C15H11BrO2/c16-15-13(10-17-11-6-2-1-3-7-11)12-8-4-5-9-14(12)18-15/h1-9H,10H2. The summed E-state index contributed by atoms with van der Waals surface area (Å²) in [6, 6.07) is 17.7. The molecule has 0 spiro atoms. The third-order valence-corrected chi connectivity index (χ3v) is 3.42. The Labute approximate surface area is 113 Å². The van der Waals surface area contributed by atoms with Crippen molar-refractivity contribution in [3.05, 3.63) is 64.8 Å². The third kappa shape index (κ3) is 2.14. The maximum absolute atomic E-state index is 5.75. The zero-order chi connectivity index (χ0) is 12.4. The van der Waals surface area contributed by atoms with Gasteiger partial charge >= 0.3 is 0 Å². The second-order valence-corrected chi connectivity index (χ2v) is 4.67. The van der Waals surface area contributed by atoms with Gasteiger partial charge in [0.25, 0.3) is 0 Å². The number of fused-ring (bicyclic) bond motifs is 1. The predicted molar refractivity (Wildman–Crippen MR) is 74.7 cm³/mol. The molecule has 0 aliphatic carbocycles. The van der Waals surface area contributed by atoms with E-state index in [-0.39, 0.29) is 0 Å². The van der Waals surface area contributed by atoms with Gasteiger partial charge in [0.05, 0.1) is 5.56 Å². The first-order valence-electron chi connectivity index (χ1n) is 5.68. The van der Waals surface area contributed by atoms with Crippen LogP contribution in [0, 0.1) is 0 Å². The largest absolute Gasteiger partial charge is 0.489 e. The van der Waals surface area contributed by atoms with Crippen molar-refractivity contribution in [3.63, 3.8) is 0 Å². The summed E-state index contributed by atoms with van der Waals surface area (Å²) in [5.41, 5.74) is 1.91. The highest BCUT2D eigenvalue weighted by Crippen LogP contribution is 2.30. The molecule has 18 heavy (non-hydrogen) atoms. The topological polar surface area (TPSA) is 22.4 Å². The fourth-order valence-corrected chi connectivity index (χ4v) is 2.38. The second-order valence-electron chi connectivity index (χ2n) is 3.95. The van der Waals surface area contributed by atoms with Crippen molar-refractivity contribution in [1.29, 1.82) is 0 Å². The number of para-hydroxylation sites is 2. The normalized spacial score (nSPS) is 10.7. The molecule has 0 saturated heterocycles. The molecule has 0 fully saturated rings. The van der Waals surface area contributed by atoms with E-state index in [1.54, 1.807) is 0 Å². The quantitative estimate of drug-likeness (QED) is 0.695. The first-order chi connectivity index (χ1) is 8.84. The first kappa shape index (κ1) is 11.4. The van der Waals surface area contributed by atoms with E-state index in [9.17, 15) is 0 Å². The fourth-order valence-electron chi connectivity index (χ4n) is 1.88. The monoisotopic (exact) mass is 302 g/mol. The average Bonchev–Trinajstić information content (AvgIpc) is 2.73. The Morgan fingerprint density at radius 3 is 2.50 bits per heavy atom. The highest BCUT2D eigenvalue weighted by atomic mass is 79.9. The molecule has 0 saturated carbocycles. The van der Waals surface area contributed by atoms with Crippen LogP contribution in [-0.2, 0) is 6.61 Å². The lowest BCUT2D eigenvalue weighted by Gasteiger charge is -2.04. The molecule has 0 radical (unpaired) electrons. The van der Waals surface area contributed by atoms with Crippen molar-refractivity contribution < 1.29 is 9.15 Å². The van der Waals surface area contributed by atoms with E-state index in [1.165, 1.54) is 0 Å². The molecule has 0 atom stereocenters. The molecule has 0 bridgehead atoms. The number of benzene rings is 2. The smallest absolute Gasteiger partial charge is 0.177 e. The summed E-state index contributed by atoms with van der Waals surface area (Å²) >= 11 is 3.44. The molecular weight excluding hydrogens is 292 g/mol. The zero-order valence-corrected chi connectivity index (χ0v) is 11.2. The Kier molecular flexibility index (Phi) is 3.07. The number of hydrogen-bond donors (Lipinski definition) is 0. The van der Waals surface area contributed by atoms with E-state index in [4.69, 9.17) is 9.15 Å². The van der Waals surface area contributed by atoms with Gasteiger partial charge in [0.2, 0.25) is 0 Å². The summed E-state index contributed by atoms with van der Waals surface area (Å²) < 4.78 is 12.1. The molecule has 2 nitrogen and oxygen atoms in total. The van der Waals surface area contributed by atoms with Gasteiger partial charge in [-0.2, -0.15) is 0 Å². The van der Waals surface area contributed by atoms with Gasteiger partial charge in [0.15, 0.2) is 4.67 Å². The minimum Gasteiger partial charge on any atom is -0.489 e. The number of furan rings is 1. The highest BCUT2D eigenvalue weighted by Gasteiger charge is 2.11. The van der Waals surface area contributed by atoms with E-state index in [0.717, 1.165) is 27.0 Å². The maximum Gasteiger partial charge on any atom is 0.177 e. The van der Waals surface area contributed by atoms with Crippen LogP contribution in [0.2, 0.25) is 0 Å². The van der Waals surface area contributed by atoms with Gasteiger partial charge < -0.3 is 9.15 Å². The van der Waals surface area contributed by atoms with Crippen molar-refractivity contribution in [2.75, 3.05) is 0 Å². The van der Waals surface area contributed by atoms with Crippen LogP contribution in [0.4, 0.5) is 0 Å². The molecule has 0 aliphatic rings. The molecule has 1 heterocycles. The van der Waals surface area contributed by atoms with Gasteiger partial charge in [-0.05, 0) is 34.1 Å². The van der Waals surface area contributed by atoms with Crippen molar-refractivity contribution >= 4 is 26.9 Å². The first-order valence-corrected chi connectivity index (χ1v) is 6.47. The minimum atomic E-state index is 0.488. The Morgan fingerprint density at radius 2 is 1.67 bits per heavy atom. The van der Waals surface area contributed by atoms with Gasteiger partial charge in [-0.3, -0.25) is 0 Å². The van der Waals surface area contributed by atoms with Gasteiger partial charge in [0, 0.05) is 5.39 Å². The number of ether oxygens (including phenoxy) is 1. The van der Waals surface area contributed by atoms with Gasteiger partial charge in [-0.1, -0.05) is 36.4 Å². The lowest BCUT2D eigenvalue weighted by Crippen LogP contribution is -1.94. The lowest BCUT2D eigenvalue weighted by molar-refractivity contribution is 0.304. The molecule has 3 rings (SSSR count). The molecule has 0 amide bonds. The summed E-state index contributed by atoms with van der Waals surface area (Å²) in [4.78, 5) is 0. The molecule has 2 aromatic carbocycles. The van der Waals surface area contributed by atoms with E-state index >= 15 is 0 Å². The summed E-state index contributed by atoms with van der Waals surface area (Å²) in [7, 11) is 0. The highest BCUT2D eigenvalue weighted by molar-refractivity contribution is 9.10. The predicted octanol–water partition coefficient (Wildman–Crippen LogP) is 4.77. The molecule has 0 aliphatic heterocycles. The second kappa shape index (κ2) is 4.86. The third-order valence-electron chi connectivity index (χ3n) is 2.78. The van der Waals surface area contributed by atoms with E-state index < -0.39 is 0 Å². The van der Waals surface area contributed by atoms with Gasteiger partial charge in [-0.15, -0.1) is 0 Å². The molecule has 90 valence electrons. The number of hydrogen-bond acceptors (Lipinski definition) is 2. The summed E-state index contributed by atoms with van der Waals surface area (Å²) in [6.45, 7) is 0.488. The van der Waals surface area contributed by atoms with Crippen molar-refractivity contribution in [3.8, 4) is 5.75 Å². The van der Waals surface area contributed by atoms with Crippen LogP contribution in [-0.4, -0.2) is 0 Å². The van der Waals surface area contributed by atoms with Crippen LogP contribution in [0.1, 0.15) is 5.56 Å². The van der Waals surface area contributed by atoms with Crippen LogP contribution in [0.25, 0.3) is 11.0 Å². The molecule has 3 heteroatoms. The van der Waals surface area contributed by atoms with Crippen LogP contribution >= 0.6 is 15.9 Å². The van der Waals surface area contributed by atoms with Gasteiger partial charge in [0.1, 0.15) is 17.9 Å². The van der Waals surface area contributed by atoms with Crippen LogP contribution in [0.5, 0.6) is 5.75 Å². The summed E-state index contributed by atoms with van der Waals surface area (Å²) in [6.07, 6.45) is 0. The number of rotatable bonds is 3. The zero-order valence-electron chi connectivity index (χ0n) is 9.60. The van der Waals surface area contributed by atoms with Crippen molar-refractivity contribution in [2.45, 2.75) is 6.61 Å². The maximum atomic E-state index is 5.75. The molecular formula is C15H11BrO2. The van der Waals surface area contributed by atoms with E-state index in [0.29, 0.717) is 6.61 Å². The summed E-state index contributed by atoms with van der Waals surface area (Å²) in [5, 5.41) is 1.08. The van der Waals surface area contributed by atoms with Crippen molar-refractivity contribution in [2.24, 2.45) is 0 Å². The van der Waals surface area contributed by atoms with E-state index in [2.05, 4.69) is 15.9 Å². The summed E-state index contributed by atoms with van der Waals surface area (Å²) in [5.74, 6) is 0.856. The van der Waals surface area contributed by atoms with E-state index in [1.807, 2.05) is 54.6 Å². The Hall–Kier alpha value is -1.74. The average molecular weight is 303 g/mol. The number of halogens is 1. The molecule has 1 aromatic heterocycles. The Bertz CT molecular complexity index is 659. The SMILES string of the molecule is Brc1oc2ccccc2c1COc1ccccc1. The Balaban J connectivity index is 1.89. The van der Waals surface area contributed by atoms with Crippen molar-refractivity contribution in [1.82, 2.24) is 0 Å². The van der Waals surface area contributed by atoms with Crippen LogP contribution in [0.3, 0.4) is 0 Å². The lowest BCUT2D eigenvalue weighted by atomic mass is 10.2. The van der Waals surface area contributed by atoms with Crippen LogP contribution < -0.4 is 4.74 Å².